The Balaban J connectivity index is 1.92. The fourth-order valence-electron chi connectivity index (χ4n) is 2.92. The van der Waals surface area contributed by atoms with Gasteiger partial charge in [0.15, 0.2) is 11.0 Å². The second kappa shape index (κ2) is 4.88. The Morgan fingerprint density at radius 1 is 1.25 bits per heavy atom. The summed E-state index contributed by atoms with van der Waals surface area (Å²) in [5, 5.41) is 8.35. The molecule has 2 fully saturated rings. The van der Waals surface area contributed by atoms with Crippen molar-refractivity contribution < 1.29 is 9.53 Å². The van der Waals surface area contributed by atoms with Crippen LogP contribution in [0.3, 0.4) is 0 Å². The van der Waals surface area contributed by atoms with Gasteiger partial charge in [0, 0.05) is 18.7 Å². The quantitative estimate of drug-likeness (QED) is 0.785. The van der Waals surface area contributed by atoms with Crippen molar-refractivity contribution in [2.45, 2.75) is 32.6 Å². The Hall–Kier alpha value is -1.36. The summed E-state index contributed by atoms with van der Waals surface area (Å²) in [6.45, 7) is 3.61. The molecule has 0 unspecified atom stereocenters. The minimum atomic E-state index is -0.402. The van der Waals surface area contributed by atoms with E-state index in [1.165, 1.54) is 20.0 Å². The molecule has 1 aromatic rings. The van der Waals surface area contributed by atoms with Gasteiger partial charge in [-0.15, -0.1) is 10.2 Å². The molecule has 2 aliphatic rings. The second-order valence-electron chi connectivity index (χ2n) is 5.79. The summed E-state index contributed by atoms with van der Waals surface area (Å²) in [4.78, 5) is 14.1. The number of anilines is 1. The van der Waals surface area contributed by atoms with Gasteiger partial charge < -0.3 is 9.64 Å². The van der Waals surface area contributed by atoms with E-state index in [1.807, 2.05) is 0 Å². The number of hydrogen-bond donors (Lipinski definition) is 0. The minimum absolute atomic E-state index is 0.254. The molecule has 1 aromatic heterocycles. The lowest BCUT2D eigenvalue weighted by Crippen LogP contribution is -2.36. The van der Waals surface area contributed by atoms with Gasteiger partial charge >= 0.3 is 5.97 Å². The topological polar surface area (TPSA) is 55.3 Å². The highest BCUT2D eigenvalue weighted by Crippen LogP contribution is 2.54. The smallest absolute Gasteiger partial charge is 0.342 e. The molecule has 0 amide bonds. The monoisotopic (exact) mass is 295 g/mol. The summed E-state index contributed by atoms with van der Waals surface area (Å²) in [6, 6.07) is 0. The number of halogens is 1. The number of rotatable bonds is 2. The van der Waals surface area contributed by atoms with Crippen molar-refractivity contribution in [3.05, 3.63) is 16.3 Å². The zero-order chi connectivity index (χ0) is 14.3. The third-order valence-electron chi connectivity index (χ3n) is 4.61. The summed E-state index contributed by atoms with van der Waals surface area (Å²) < 4.78 is 4.86. The number of ether oxygens (including phenoxy) is 1. The molecular weight excluding hydrogens is 278 g/mol. The van der Waals surface area contributed by atoms with Crippen molar-refractivity contribution in [3.63, 3.8) is 0 Å². The van der Waals surface area contributed by atoms with E-state index in [-0.39, 0.29) is 5.15 Å². The fourth-order valence-corrected chi connectivity index (χ4v) is 3.06. The molecule has 1 spiro atoms. The van der Waals surface area contributed by atoms with E-state index >= 15 is 0 Å². The van der Waals surface area contributed by atoms with Gasteiger partial charge in [-0.1, -0.05) is 11.6 Å². The van der Waals surface area contributed by atoms with Crippen LogP contribution >= 0.6 is 11.6 Å². The molecule has 108 valence electrons. The van der Waals surface area contributed by atoms with Crippen LogP contribution in [-0.2, 0) is 4.74 Å². The maximum atomic E-state index is 12.0. The first-order chi connectivity index (χ1) is 9.56. The average Bonchev–Trinajstić information content (AvgIpc) is 3.21. The molecular formula is C14H18ClN3O2. The second-order valence-corrected chi connectivity index (χ2v) is 6.15. The maximum absolute atomic E-state index is 12.0. The van der Waals surface area contributed by atoms with Crippen molar-refractivity contribution >= 4 is 23.4 Å². The molecule has 0 atom stereocenters. The van der Waals surface area contributed by atoms with Gasteiger partial charge in [0.2, 0.25) is 0 Å². The number of methoxy groups -OCH3 is 1. The standard InChI is InChI=1S/C14H18ClN3O2/c1-9-10(13(19)20-2)12(17-16-11(9)15)18-7-5-14(3-4-14)6-8-18/h3-8H2,1-2H3. The van der Waals surface area contributed by atoms with E-state index in [1.54, 1.807) is 6.92 Å². The first-order valence-electron chi connectivity index (χ1n) is 6.92. The highest BCUT2D eigenvalue weighted by Gasteiger charge is 2.45. The molecule has 20 heavy (non-hydrogen) atoms. The van der Waals surface area contributed by atoms with Gasteiger partial charge in [-0.3, -0.25) is 0 Å². The number of carbonyl (C=O) groups is 1. The Bertz CT molecular complexity index is 548. The van der Waals surface area contributed by atoms with Crippen LogP contribution in [0.25, 0.3) is 0 Å². The number of hydrogen-bond acceptors (Lipinski definition) is 5. The molecule has 1 aliphatic heterocycles. The molecule has 0 N–H and O–H groups in total. The lowest BCUT2D eigenvalue weighted by molar-refractivity contribution is 0.0600. The molecule has 5 nitrogen and oxygen atoms in total. The first-order valence-corrected chi connectivity index (χ1v) is 7.30. The van der Waals surface area contributed by atoms with Gasteiger partial charge in [0.1, 0.15) is 5.56 Å². The summed E-state index contributed by atoms with van der Waals surface area (Å²) in [5.74, 6) is 0.204. The van der Waals surface area contributed by atoms with Crippen LogP contribution in [0.1, 0.15) is 41.6 Å². The molecule has 0 radical (unpaired) electrons. The van der Waals surface area contributed by atoms with Crippen molar-refractivity contribution in [2.75, 3.05) is 25.1 Å². The van der Waals surface area contributed by atoms with Crippen LogP contribution in [-0.4, -0.2) is 36.4 Å². The summed E-state index contributed by atoms with van der Waals surface area (Å²) in [6.07, 6.45) is 5.01. The Kier molecular flexibility index (Phi) is 3.32. The Morgan fingerprint density at radius 2 is 1.90 bits per heavy atom. The number of nitrogens with zero attached hydrogens (tertiary/aromatic N) is 3. The molecule has 1 saturated carbocycles. The lowest BCUT2D eigenvalue weighted by Gasteiger charge is -2.33. The van der Waals surface area contributed by atoms with E-state index in [0.717, 1.165) is 25.9 Å². The van der Waals surface area contributed by atoms with E-state index in [4.69, 9.17) is 16.3 Å². The summed E-state index contributed by atoms with van der Waals surface area (Å²) >= 11 is 5.98. The van der Waals surface area contributed by atoms with Crippen molar-refractivity contribution in [2.24, 2.45) is 5.41 Å². The molecule has 3 rings (SSSR count). The van der Waals surface area contributed by atoms with E-state index in [2.05, 4.69) is 15.1 Å². The predicted molar refractivity (Wildman–Crippen MR) is 76.2 cm³/mol. The molecule has 0 bridgehead atoms. The average molecular weight is 296 g/mol. The van der Waals surface area contributed by atoms with Gasteiger partial charge in [-0.05, 0) is 38.0 Å². The minimum Gasteiger partial charge on any atom is -0.465 e. The number of piperidine rings is 1. The van der Waals surface area contributed by atoms with E-state index in [9.17, 15) is 4.79 Å². The van der Waals surface area contributed by atoms with E-state index in [0.29, 0.717) is 22.4 Å². The molecule has 2 heterocycles. The molecule has 0 aromatic carbocycles. The van der Waals surface area contributed by atoms with Crippen LogP contribution in [0, 0.1) is 12.3 Å². The number of carbonyl (C=O) groups excluding carboxylic acids is 1. The maximum Gasteiger partial charge on any atom is 0.342 e. The van der Waals surface area contributed by atoms with E-state index < -0.39 is 5.97 Å². The van der Waals surface area contributed by atoms with Crippen molar-refractivity contribution in [1.82, 2.24) is 10.2 Å². The third-order valence-corrected chi connectivity index (χ3v) is 4.97. The lowest BCUT2D eigenvalue weighted by atomic mass is 9.93. The normalized spacial score (nSPS) is 20.1. The SMILES string of the molecule is COC(=O)c1c(N2CCC3(CC2)CC3)nnc(Cl)c1C. The molecule has 6 heteroatoms. The zero-order valence-corrected chi connectivity index (χ0v) is 12.5. The van der Waals surface area contributed by atoms with Crippen LogP contribution in [0.15, 0.2) is 0 Å². The van der Waals surface area contributed by atoms with Crippen molar-refractivity contribution in [3.8, 4) is 0 Å². The zero-order valence-electron chi connectivity index (χ0n) is 11.8. The number of esters is 1. The highest BCUT2D eigenvalue weighted by atomic mass is 35.5. The van der Waals surface area contributed by atoms with Crippen LogP contribution in [0.2, 0.25) is 5.15 Å². The molecule has 1 aliphatic carbocycles. The largest absolute Gasteiger partial charge is 0.465 e. The third kappa shape index (κ3) is 2.24. The number of aromatic nitrogens is 2. The van der Waals surface area contributed by atoms with Gasteiger partial charge in [0.05, 0.1) is 7.11 Å². The van der Waals surface area contributed by atoms with Gasteiger partial charge in [-0.2, -0.15) is 0 Å². The van der Waals surface area contributed by atoms with Crippen molar-refractivity contribution in [1.29, 1.82) is 0 Å². The Labute approximate surface area is 123 Å². The van der Waals surface area contributed by atoms with Crippen LogP contribution in [0.4, 0.5) is 5.82 Å². The van der Waals surface area contributed by atoms with Crippen LogP contribution < -0.4 is 4.90 Å². The van der Waals surface area contributed by atoms with Gasteiger partial charge in [0.25, 0.3) is 0 Å². The fraction of sp³-hybridized carbons (Fsp3) is 0.643. The highest BCUT2D eigenvalue weighted by molar-refractivity contribution is 6.30. The summed E-state index contributed by atoms with van der Waals surface area (Å²) in [7, 11) is 1.37. The summed E-state index contributed by atoms with van der Waals surface area (Å²) in [5.41, 5.74) is 1.66. The predicted octanol–water partition coefficient (Wildman–Crippen LogP) is 2.61. The first kappa shape index (κ1) is 13.6. The Morgan fingerprint density at radius 3 is 2.45 bits per heavy atom. The van der Waals surface area contributed by atoms with Gasteiger partial charge in [-0.25, -0.2) is 4.79 Å². The molecule has 1 saturated heterocycles. The van der Waals surface area contributed by atoms with Crippen LogP contribution in [0.5, 0.6) is 0 Å².